The summed E-state index contributed by atoms with van der Waals surface area (Å²) < 4.78 is 33.6. The fraction of sp³-hybridized carbons (Fsp3) is 0.409. The molecule has 3 aliphatic heterocycles. The SMILES string of the molecule is O=C(c1cccnc1)N1CCC2(CC1)O[C@@H]1CC[C@@H](c3cc(F)cc(F)c3)N1C2=O. The van der Waals surface area contributed by atoms with Crippen LogP contribution in [0.4, 0.5) is 8.78 Å². The Morgan fingerprint density at radius 2 is 1.87 bits per heavy atom. The molecule has 3 fully saturated rings. The molecule has 0 bridgehead atoms. The third-order valence-electron chi connectivity index (χ3n) is 6.36. The minimum absolute atomic E-state index is 0.114. The molecule has 3 aliphatic rings. The van der Waals surface area contributed by atoms with Crippen molar-refractivity contribution in [3.8, 4) is 0 Å². The zero-order valence-electron chi connectivity index (χ0n) is 16.3. The maximum atomic E-state index is 13.7. The first kappa shape index (κ1) is 19.1. The first-order valence-corrected chi connectivity index (χ1v) is 10.1. The van der Waals surface area contributed by atoms with E-state index in [4.69, 9.17) is 4.74 Å². The number of hydrogen-bond donors (Lipinski definition) is 0. The average Bonchev–Trinajstić information content (AvgIpc) is 3.26. The maximum Gasteiger partial charge on any atom is 0.257 e. The van der Waals surface area contributed by atoms with Crippen molar-refractivity contribution >= 4 is 11.8 Å². The summed E-state index contributed by atoms with van der Waals surface area (Å²) in [5.41, 5.74) is -0.00453. The Hall–Kier alpha value is -2.87. The van der Waals surface area contributed by atoms with E-state index in [0.717, 1.165) is 6.07 Å². The predicted octanol–water partition coefficient (Wildman–Crippen LogP) is 3.05. The highest BCUT2D eigenvalue weighted by atomic mass is 19.1. The minimum Gasteiger partial charge on any atom is -0.342 e. The van der Waals surface area contributed by atoms with Gasteiger partial charge in [-0.2, -0.15) is 0 Å². The Kier molecular flexibility index (Phi) is 4.54. The highest BCUT2D eigenvalue weighted by Gasteiger charge is 2.58. The van der Waals surface area contributed by atoms with Gasteiger partial charge < -0.3 is 14.5 Å². The Morgan fingerprint density at radius 3 is 2.53 bits per heavy atom. The summed E-state index contributed by atoms with van der Waals surface area (Å²) in [6.07, 6.45) is 4.76. The second kappa shape index (κ2) is 7.12. The number of aromatic nitrogens is 1. The van der Waals surface area contributed by atoms with Gasteiger partial charge in [0.2, 0.25) is 0 Å². The summed E-state index contributed by atoms with van der Waals surface area (Å²) in [6, 6.07) is 6.42. The van der Waals surface area contributed by atoms with Crippen LogP contribution in [0.3, 0.4) is 0 Å². The molecule has 3 saturated heterocycles. The fourth-order valence-electron chi connectivity index (χ4n) is 4.88. The van der Waals surface area contributed by atoms with Crippen molar-refractivity contribution in [3.05, 3.63) is 65.5 Å². The largest absolute Gasteiger partial charge is 0.342 e. The lowest BCUT2D eigenvalue weighted by molar-refractivity contribution is -0.142. The number of pyridine rings is 1. The zero-order chi connectivity index (χ0) is 20.9. The van der Waals surface area contributed by atoms with Gasteiger partial charge >= 0.3 is 0 Å². The third-order valence-corrected chi connectivity index (χ3v) is 6.36. The van der Waals surface area contributed by atoms with Gasteiger partial charge in [0, 0.05) is 44.4 Å². The van der Waals surface area contributed by atoms with E-state index in [2.05, 4.69) is 4.98 Å². The third kappa shape index (κ3) is 3.06. The molecule has 1 spiro atoms. The van der Waals surface area contributed by atoms with E-state index in [0.29, 0.717) is 49.9 Å². The number of halogens is 2. The Morgan fingerprint density at radius 1 is 1.13 bits per heavy atom. The van der Waals surface area contributed by atoms with Crippen LogP contribution < -0.4 is 0 Å². The highest BCUT2D eigenvalue weighted by molar-refractivity contribution is 5.94. The van der Waals surface area contributed by atoms with Crippen LogP contribution in [-0.4, -0.2) is 51.5 Å². The Bertz CT molecular complexity index is 972. The lowest BCUT2D eigenvalue weighted by Crippen LogP contribution is -2.51. The van der Waals surface area contributed by atoms with Crippen molar-refractivity contribution < 1.29 is 23.1 Å². The summed E-state index contributed by atoms with van der Waals surface area (Å²) in [5, 5.41) is 0. The number of fused-ring (bicyclic) bond motifs is 1. The van der Waals surface area contributed by atoms with Gasteiger partial charge in [-0.25, -0.2) is 8.78 Å². The number of nitrogens with zero attached hydrogens (tertiary/aromatic N) is 3. The molecular weight excluding hydrogens is 392 g/mol. The monoisotopic (exact) mass is 413 g/mol. The van der Waals surface area contributed by atoms with Crippen LogP contribution in [0.1, 0.15) is 47.6 Å². The zero-order valence-corrected chi connectivity index (χ0v) is 16.3. The second-order valence-corrected chi connectivity index (χ2v) is 8.11. The number of carbonyl (C=O) groups is 2. The average molecular weight is 413 g/mol. The lowest BCUT2D eigenvalue weighted by Gasteiger charge is -2.37. The van der Waals surface area contributed by atoms with E-state index >= 15 is 0 Å². The smallest absolute Gasteiger partial charge is 0.257 e. The molecule has 5 rings (SSSR count). The van der Waals surface area contributed by atoms with E-state index in [-0.39, 0.29) is 11.8 Å². The molecule has 0 unspecified atom stereocenters. The predicted molar refractivity (Wildman–Crippen MR) is 102 cm³/mol. The highest BCUT2D eigenvalue weighted by Crippen LogP contribution is 2.47. The van der Waals surface area contributed by atoms with Crippen LogP contribution >= 0.6 is 0 Å². The van der Waals surface area contributed by atoms with E-state index < -0.39 is 29.5 Å². The number of piperidine rings is 1. The van der Waals surface area contributed by atoms with Gasteiger partial charge in [0.05, 0.1) is 11.6 Å². The molecule has 8 heteroatoms. The number of hydrogen-bond acceptors (Lipinski definition) is 4. The van der Waals surface area contributed by atoms with Crippen LogP contribution in [0, 0.1) is 11.6 Å². The molecule has 0 saturated carbocycles. The summed E-state index contributed by atoms with van der Waals surface area (Å²) in [7, 11) is 0. The molecule has 1 aromatic carbocycles. The van der Waals surface area contributed by atoms with E-state index in [1.807, 2.05) is 0 Å². The van der Waals surface area contributed by atoms with Crippen LogP contribution in [0.15, 0.2) is 42.7 Å². The van der Waals surface area contributed by atoms with Crippen LogP contribution in [-0.2, 0) is 9.53 Å². The molecule has 2 atom stereocenters. The quantitative estimate of drug-likeness (QED) is 0.759. The number of benzene rings is 1. The lowest BCUT2D eigenvalue weighted by atomic mass is 9.89. The Balaban J connectivity index is 1.32. The molecule has 0 N–H and O–H groups in total. The number of amides is 2. The summed E-state index contributed by atoms with van der Waals surface area (Å²) in [6.45, 7) is 0.804. The van der Waals surface area contributed by atoms with Crippen molar-refractivity contribution in [1.82, 2.24) is 14.8 Å². The van der Waals surface area contributed by atoms with Gasteiger partial charge in [-0.1, -0.05) is 0 Å². The first-order chi connectivity index (χ1) is 14.5. The van der Waals surface area contributed by atoms with Crippen molar-refractivity contribution in [3.63, 3.8) is 0 Å². The maximum absolute atomic E-state index is 13.7. The summed E-state index contributed by atoms with van der Waals surface area (Å²) in [4.78, 5) is 33.4. The molecule has 2 amide bonds. The van der Waals surface area contributed by atoms with E-state index in [9.17, 15) is 18.4 Å². The second-order valence-electron chi connectivity index (χ2n) is 8.11. The van der Waals surface area contributed by atoms with Crippen LogP contribution in [0.25, 0.3) is 0 Å². The van der Waals surface area contributed by atoms with E-state index in [1.165, 1.54) is 18.3 Å². The van der Waals surface area contributed by atoms with Gasteiger partial charge in [0.25, 0.3) is 11.8 Å². The number of ether oxygens (including phenoxy) is 1. The number of rotatable bonds is 2. The van der Waals surface area contributed by atoms with E-state index in [1.54, 1.807) is 28.1 Å². The number of carbonyl (C=O) groups excluding carboxylic acids is 2. The normalized spacial score (nSPS) is 25.1. The van der Waals surface area contributed by atoms with Gasteiger partial charge in [0.15, 0.2) is 5.60 Å². The van der Waals surface area contributed by atoms with Gasteiger partial charge in [-0.05, 0) is 42.7 Å². The molecule has 0 radical (unpaired) electrons. The molecule has 156 valence electrons. The Labute approximate surface area is 172 Å². The van der Waals surface area contributed by atoms with Crippen LogP contribution in [0.2, 0.25) is 0 Å². The standard InChI is InChI=1S/C22H21F2N3O3/c23-16-10-15(11-17(24)12-16)18-3-4-19-27(18)21(29)22(30-19)5-8-26(9-6-22)20(28)14-2-1-7-25-13-14/h1-2,7,10-13,18-19H,3-6,8-9H2/t18-,19+/m0/s1. The van der Waals surface area contributed by atoms with Crippen LogP contribution in [0.5, 0.6) is 0 Å². The van der Waals surface area contributed by atoms with Gasteiger partial charge in [-0.3, -0.25) is 14.6 Å². The summed E-state index contributed by atoms with van der Waals surface area (Å²) >= 11 is 0. The molecule has 0 aliphatic carbocycles. The van der Waals surface area contributed by atoms with Crippen molar-refractivity contribution in [2.75, 3.05) is 13.1 Å². The summed E-state index contributed by atoms with van der Waals surface area (Å²) in [5.74, 6) is -1.57. The van der Waals surface area contributed by atoms with Crippen molar-refractivity contribution in [2.45, 2.75) is 43.6 Å². The van der Waals surface area contributed by atoms with Gasteiger partial charge in [0.1, 0.15) is 17.9 Å². The molecule has 4 heterocycles. The number of likely N-dealkylation sites (tertiary alicyclic amines) is 1. The molecule has 30 heavy (non-hydrogen) atoms. The topological polar surface area (TPSA) is 62.7 Å². The fourth-order valence-corrected chi connectivity index (χ4v) is 4.88. The first-order valence-electron chi connectivity index (χ1n) is 10.1. The molecular formula is C22H21F2N3O3. The molecule has 6 nitrogen and oxygen atoms in total. The minimum atomic E-state index is -0.971. The molecule has 1 aromatic heterocycles. The molecule has 2 aromatic rings. The van der Waals surface area contributed by atoms with Crippen molar-refractivity contribution in [2.24, 2.45) is 0 Å². The van der Waals surface area contributed by atoms with Crippen molar-refractivity contribution in [1.29, 1.82) is 0 Å². The van der Waals surface area contributed by atoms with Gasteiger partial charge in [-0.15, -0.1) is 0 Å².